The lowest BCUT2D eigenvalue weighted by atomic mass is 10.0. The second-order valence-electron chi connectivity index (χ2n) is 5.29. The highest BCUT2D eigenvalue weighted by Crippen LogP contribution is 2.21. The molecule has 1 aromatic carbocycles. The summed E-state index contributed by atoms with van der Waals surface area (Å²) in [5.74, 6) is -0.565. The summed E-state index contributed by atoms with van der Waals surface area (Å²) in [6.07, 6.45) is -0.524. The number of carbonyl (C=O) groups excluding carboxylic acids is 1. The number of hydrogen-bond acceptors (Lipinski definition) is 3. The topological polar surface area (TPSA) is 29.5 Å². The smallest absolute Gasteiger partial charge is 0.167 e. The zero-order chi connectivity index (χ0) is 14.7. The SMILES string of the molecule is CC(C)N1CCOC(C(=O)Cc2c(F)cccc2Cl)C1. The molecule has 1 aliphatic heterocycles. The van der Waals surface area contributed by atoms with Crippen LogP contribution in [0, 0.1) is 5.82 Å². The average molecular weight is 300 g/mol. The number of hydrogen-bond donors (Lipinski definition) is 0. The quantitative estimate of drug-likeness (QED) is 0.856. The first-order valence-electron chi connectivity index (χ1n) is 6.80. The maximum Gasteiger partial charge on any atom is 0.167 e. The number of carbonyl (C=O) groups is 1. The third-order valence-corrected chi connectivity index (χ3v) is 3.95. The van der Waals surface area contributed by atoms with Crippen molar-refractivity contribution in [2.24, 2.45) is 0 Å². The zero-order valence-electron chi connectivity index (χ0n) is 11.7. The summed E-state index contributed by atoms with van der Waals surface area (Å²) in [6.45, 7) is 6.07. The Morgan fingerprint density at radius 1 is 1.55 bits per heavy atom. The molecule has 1 fully saturated rings. The molecule has 1 heterocycles. The van der Waals surface area contributed by atoms with Gasteiger partial charge in [-0.15, -0.1) is 0 Å². The van der Waals surface area contributed by atoms with Gasteiger partial charge in [0.15, 0.2) is 5.78 Å². The predicted octanol–water partition coefficient (Wildman–Crippen LogP) is 2.70. The van der Waals surface area contributed by atoms with E-state index in [1.165, 1.54) is 12.1 Å². The first kappa shape index (κ1) is 15.4. The molecule has 0 amide bonds. The first-order chi connectivity index (χ1) is 9.49. The van der Waals surface area contributed by atoms with Crippen LogP contribution in [0.1, 0.15) is 19.4 Å². The Bertz CT molecular complexity index is 473. The number of ether oxygens (including phenoxy) is 1. The van der Waals surface area contributed by atoms with Gasteiger partial charge in [-0.1, -0.05) is 17.7 Å². The molecule has 3 nitrogen and oxygen atoms in total. The van der Waals surface area contributed by atoms with Gasteiger partial charge in [-0.2, -0.15) is 0 Å². The molecule has 5 heteroatoms. The second kappa shape index (κ2) is 6.66. The molecule has 1 saturated heterocycles. The maximum absolute atomic E-state index is 13.7. The van der Waals surface area contributed by atoms with E-state index in [9.17, 15) is 9.18 Å². The monoisotopic (exact) mass is 299 g/mol. The molecule has 1 atom stereocenters. The number of nitrogens with zero attached hydrogens (tertiary/aromatic N) is 1. The first-order valence-corrected chi connectivity index (χ1v) is 7.18. The Kier molecular flexibility index (Phi) is 5.13. The van der Waals surface area contributed by atoms with Crippen molar-refractivity contribution in [2.45, 2.75) is 32.4 Å². The molecule has 0 N–H and O–H groups in total. The highest BCUT2D eigenvalue weighted by molar-refractivity contribution is 6.31. The predicted molar refractivity (Wildman–Crippen MR) is 76.6 cm³/mol. The fourth-order valence-electron chi connectivity index (χ4n) is 2.32. The molecule has 0 aliphatic carbocycles. The van der Waals surface area contributed by atoms with Gasteiger partial charge in [0.1, 0.15) is 11.9 Å². The van der Waals surface area contributed by atoms with Gasteiger partial charge in [-0.05, 0) is 26.0 Å². The lowest BCUT2D eigenvalue weighted by Gasteiger charge is -2.34. The molecule has 0 saturated carbocycles. The fourth-order valence-corrected chi connectivity index (χ4v) is 2.55. The normalized spacial score (nSPS) is 20.4. The molecule has 2 rings (SSSR count). The standard InChI is InChI=1S/C15H19ClFNO2/c1-10(2)18-6-7-20-15(9-18)14(19)8-11-12(16)4-3-5-13(11)17/h3-5,10,15H,6-9H2,1-2H3. The molecule has 20 heavy (non-hydrogen) atoms. The molecule has 0 aromatic heterocycles. The van der Waals surface area contributed by atoms with Gasteiger partial charge in [0.25, 0.3) is 0 Å². The minimum atomic E-state index is -0.498. The molecule has 0 spiro atoms. The van der Waals surface area contributed by atoms with Crippen molar-refractivity contribution in [2.75, 3.05) is 19.7 Å². The summed E-state index contributed by atoms with van der Waals surface area (Å²) >= 11 is 5.95. The van der Waals surface area contributed by atoms with Crippen LogP contribution < -0.4 is 0 Å². The van der Waals surface area contributed by atoms with Crippen molar-refractivity contribution >= 4 is 17.4 Å². The number of morpholine rings is 1. The summed E-state index contributed by atoms with van der Waals surface area (Å²) in [6, 6.07) is 4.81. The van der Waals surface area contributed by atoms with Crippen molar-refractivity contribution in [1.29, 1.82) is 0 Å². The van der Waals surface area contributed by atoms with Gasteiger partial charge in [-0.3, -0.25) is 9.69 Å². The van der Waals surface area contributed by atoms with Gasteiger partial charge < -0.3 is 4.74 Å². The summed E-state index contributed by atoms with van der Waals surface area (Å²) in [5.41, 5.74) is 0.254. The summed E-state index contributed by atoms with van der Waals surface area (Å²) in [5, 5.41) is 0.287. The van der Waals surface area contributed by atoms with Crippen LogP contribution in [0.15, 0.2) is 18.2 Å². The number of benzene rings is 1. The van der Waals surface area contributed by atoms with E-state index in [0.717, 1.165) is 6.54 Å². The Hall–Kier alpha value is -0.970. The fraction of sp³-hybridized carbons (Fsp3) is 0.533. The lowest BCUT2D eigenvalue weighted by Crippen LogP contribution is -2.49. The summed E-state index contributed by atoms with van der Waals surface area (Å²) in [4.78, 5) is 14.5. The molecule has 110 valence electrons. The van der Waals surface area contributed by atoms with Gasteiger partial charge in [0, 0.05) is 36.1 Å². The molecule has 0 radical (unpaired) electrons. The van der Waals surface area contributed by atoms with Crippen LogP contribution >= 0.6 is 11.6 Å². The van der Waals surface area contributed by atoms with Crippen LogP contribution in [0.3, 0.4) is 0 Å². The van der Waals surface area contributed by atoms with Gasteiger partial charge in [0.05, 0.1) is 6.61 Å². The van der Waals surface area contributed by atoms with E-state index in [0.29, 0.717) is 19.2 Å². The number of rotatable bonds is 4. The van der Waals surface area contributed by atoms with Crippen molar-refractivity contribution in [3.05, 3.63) is 34.6 Å². The Morgan fingerprint density at radius 2 is 2.30 bits per heavy atom. The minimum Gasteiger partial charge on any atom is -0.368 e. The minimum absolute atomic E-state index is 0.0257. The summed E-state index contributed by atoms with van der Waals surface area (Å²) < 4.78 is 19.2. The van der Waals surface area contributed by atoms with E-state index in [-0.39, 0.29) is 22.8 Å². The van der Waals surface area contributed by atoms with Crippen LogP contribution in [0.25, 0.3) is 0 Å². The molecule has 1 unspecified atom stereocenters. The number of ketones is 1. The van der Waals surface area contributed by atoms with Gasteiger partial charge in [-0.25, -0.2) is 4.39 Å². The van der Waals surface area contributed by atoms with Crippen LogP contribution in [0.5, 0.6) is 0 Å². The highest BCUT2D eigenvalue weighted by atomic mass is 35.5. The van der Waals surface area contributed by atoms with E-state index < -0.39 is 11.9 Å². The number of halogens is 2. The van der Waals surface area contributed by atoms with E-state index in [2.05, 4.69) is 18.7 Å². The molecular formula is C15H19ClFNO2. The van der Waals surface area contributed by atoms with E-state index in [1.807, 2.05) is 0 Å². The Morgan fingerprint density at radius 3 is 2.95 bits per heavy atom. The molecule has 0 bridgehead atoms. The number of Topliss-reactive ketones (excluding diaryl/α,β-unsaturated/α-hetero) is 1. The molecule has 1 aliphatic rings. The van der Waals surface area contributed by atoms with E-state index in [4.69, 9.17) is 16.3 Å². The Balaban J connectivity index is 2.05. The maximum atomic E-state index is 13.7. The van der Waals surface area contributed by atoms with Crippen LogP contribution in [-0.2, 0) is 16.0 Å². The van der Waals surface area contributed by atoms with Crippen LogP contribution in [-0.4, -0.2) is 42.5 Å². The zero-order valence-corrected chi connectivity index (χ0v) is 12.5. The van der Waals surface area contributed by atoms with Gasteiger partial charge in [0.2, 0.25) is 0 Å². The molecule has 1 aromatic rings. The van der Waals surface area contributed by atoms with Crippen LogP contribution in [0.2, 0.25) is 5.02 Å². The van der Waals surface area contributed by atoms with E-state index >= 15 is 0 Å². The average Bonchev–Trinajstić information content (AvgIpc) is 2.43. The third-order valence-electron chi connectivity index (χ3n) is 3.60. The van der Waals surface area contributed by atoms with Crippen molar-refractivity contribution in [3.63, 3.8) is 0 Å². The summed E-state index contributed by atoms with van der Waals surface area (Å²) in [7, 11) is 0. The second-order valence-corrected chi connectivity index (χ2v) is 5.70. The Labute approximate surface area is 123 Å². The lowest BCUT2D eigenvalue weighted by molar-refractivity contribution is -0.136. The van der Waals surface area contributed by atoms with E-state index in [1.54, 1.807) is 6.07 Å². The van der Waals surface area contributed by atoms with Crippen molar-refractivity contribution in [1.82, 2.24) is 4.90 Å². The van der Waals surface area contributed by atoms with Crippen molar-refractivity contribution in [3.8, 4) is 0 Å². The van der Waals surface area contributed by atoms with Crippen LogP contribution in [0.4, 0.5) is 4.39 Å². The van der Waals surface area contributed by atoms with Gasteiger partial charge >= 0.3 is 0 Å². The highest BCUT2D eigenvalue weighted by Gasteiger charge is 2.28. The molecular weight excluding hydrogens is 281 g/mol. The third kappa shape index (κ3) is 3.57. The van der Waals surface area contributed by atoms with Crippen molar-refractivity contribution < 1.29 is 13.9 Å². The largest absolute Gasteiger partial charge is 0.368 e.